The normalized spacial score (nSPS) is 15.6. The number of likely N-dealkylation sites (tertiary alicyclic amines) is 1. The standard InChI is InChI=1S/C18H24FN3O5S2/c1-28-12-9-14(21-29(26,27)15-6-3-2-5-13(15)19)18(25)20-10-4-11-22-16(23)7-8-17(22)24/h2-3,5-6,14,21H,4,7-12H2,1H3,(H,20,25). The Labute approximate surface area is 173 Å². The number of hydrogen-bond acceptors (Lipinski definition) is 6. The first-order chi connectivity index (χ1) is 13.8. The van der Waals surface area contributed by atoms with Gasteiger partial charge in [0, 0.05) is 25.9 Å². The predicted octanol–water partition coefficient (Wildman–Crippen LogP) is 0.881. The molecule has 0 aromatic heterocycles. The Balaban J connectivity index is 1.94. The number of benzene rings is 1. The largest absolute Gasteiger partial charge is 0.355 e. The number of halogens is 1. The van der Waals surface area contributed by atoms with Crippen LogP contribution >= 0.6 is 11.8 Å². The average molecular weight is 446 g/mol. The number of amides is 3. The van der Waals surface area contributed by atoms with E-state index in [4.69, 9.17) is 0 Å². The van der Waals surface area contributed by atoms with Gasteiger partial charge in [-0.1, -0.05) is 12.1 Å². The van der Waals surface area contributed by atoms with Crippen molar-refractivity contribution in [2.24, 2.45) is 0 Å². The van der Waals surface area contributed by atoms with Crippen LogP contribution in [0.25, 0.3) is 0 Å². The number of hydrogen-bond donors (Lipinski definition) is 2. The van der Waals surface area contributed by atoms with Crippen LogP contribution in [0, 0.1) is 5.82 Å². The second-order valence-corrected chi connectivity index (χ2v) is 9.14. The van der Waals surface area contributed by atoms with E-state index in [0.717, 1.165) is 17.0 Å². The van der Waals surface area contributed by atoms with Gasteiger partial charge in [-0.25, -0.2) is 12.8 Å². The van der Waals surface area contributed by atoms with Crippen LogP contribution in [0.1, 0.15) is 25.7 Å². The van der Waals surface area contributed by atoms with Crippen molar-refractivity contribution < 1.29 is 27.2 Å². The molecule has 0 radical (unpaired) electrons. The zero-order chi connectivity index (χ0) is 21.4. The van der Waals surface area contributed by atoms with E-state index in [2.05, 4.69) is 10.0 Å². The highest BCUT2D eigenvalue weighted by molar-refractivity contribution is 7.98. The summed E-state index contributed by atoms with van der Waals surface area (Å²) in [6.45, 7) is 0.376. The number of imide groups is 1. The third kappa shape index (κ3) is 6.51. The van der Waals surface area contributed by atoms with Gasteiger partial charge in [0.2, 0.25) is 27.7 Å². The predicted molar refractivity (Wildman–Crippen MR) is 107 cm³/mol. The molecule has 1 aliphatic heterocycles. The zero-order valence-corrected chi connectivity index (χ0v) is 17.7. The van der Waals surface area contributed by atoms with Crippen LogP contribution < -0.4 is 10.0 Å². The smallest absolute Gasteiger partial charge is 0.244 e. The van der Waals surface area contributed by atoms with Gasteiger partial charge in [0.1, 0.15) is 16.8 Å². The Morgan fingerprint density at radius 1 is 1.24 bits per heavy atom. The van der Waals surface area contributed by atoms with E-state index in [1.165, 1.54) is 23.9 Å². The SMILES string of the molecule is CSCCC(NS(=O)(=O)c1ccccc1F)C(=O)NCCCN1C(=O)CCC1=O. The van der Waals surface area contributed by atoms with Gasteiger partial charge in [-0.2, -0.15) is 16.5 Å². The van der Waals surface area contributed by atoms with Gasteiger partial charge in [-0.05, 0) is 37.0 Å². The Morgan fingerprint density at radius 3 is 2.52 bits per heavy atom. The van der Waals surface area contributed by atoms with Crippen molar-refractivity contribution in [1.82, 2.24) is 14.9 Å². The summed E-state index contributed by atoms with van der Waals surface area (Å²) in [4.78, 5) is 36.3. The van der Waals surface area contributed by atoms with Crippen molar-refractivity contribution in [2.45, 2.75) is 36.6 Å². The molecule has 11 heteroatoms. The highest BCUT2D eigenvalue weighted by atomic mass is 32.2. The minimum Gasteiger partial charge on any atom is -0.355 e. The number of carbonyl (C=O) groups excluding carboxylic acids is 3. The van der Waals surface area contributed by atoms with Crippen LogP contribution in [0.15, 0.2) is 29.2 Å². The summed E-state index contributed by atoms with van der Waals surface area (Å²) in [7, 11) is -4.22. The molecule has 0 aliphatic carbocycles. The highest BCUT2D eigenvalue weighted by Gasteiger charge is 2.29. The number of nitrogens with one attached hydrogen (secondary N) is 2. The molecule has 0 saturated carbocycles. The summed E-state index contributed by atoms with van der Waals surface area (Å²) < 4.78 is 41.1. The molecule has 1 unspecified atom stereocenters. The minimum atomic E-state index is -4.22. The number of rotatable bonds is 11. The van der Waals surface area contributed by atoms with E-state index < -0.39 is 32.7 Å². The molecular weight excluding hydrogens is 421 g/mol. The molecule has 1 aromatic rings. The average Bonchev–Trinajstić information content (AvgIpc) is 3.00. The van der Waals surface area contributed by atoms with Crippen LogP contribution in [0.5, 0.6) is 0 Å². The molecule has 0 spiro atoms. The van der Waals surface area contributed by atoms with Gasteiger partial charge >= 0.3 is 0 Å². The zero-order valence-electron chi connectivity index (χ0n) is 16.0. The summed E-state index contributed by atoms with van der Waals surface area (Å²) in [5.41, 5.74) is 0. The van der Waals surface area contributed by atoms with Crippen LogP contribution in [-0.4, -0.2) is 62.2 Å². The molecular formula is C18H24FN3O5S2. The summed E-state index contributed by atoms with van der Waals surface area (Å²) in [6, 6.07) is 3.87. The Morgan fingerprint density at radius 2 is 1.90 bits per heavy atom. The van der Waals surface area contributed by atoms with Crippen LogP contribution in [0.3, 0.4) is 0 Å². The lowest BCUT2D eigenvalue weighted by Gasteiger charge is -2.19. The molecule has 0 bridgehead atoms. The van der Waals surface area contributed by atoms with Gasteiger partial charge in [-0.15, -0.1) is 0 Å². The fourth-order valence-electron chi connectivity index (χ4n) is 2.84. The number of sulfonamides is 1. The maximum Gasteiger partial charge on any atom is 0.244 e. The molecule has 8 nitrogen and oxygen atoms in total. The number of carbonyl (C=O) groups is 3. The molecule has 1 fully saturated rings. The molecule has 1 aromatic carbocycles. The lowest BCUT2D eigenvalue weighted by molar-refractivity contribution is -0.138. The van der Waals surface area contributed by atoms with Gasteiger partial charge in [0.05, 0.1) is 0 Å². The van der Waals surface area contributed by atoms with Crippen molar-refractivity contribution in [3.05, 3.63) is 30.1 Å². The first-order valence-electron chi connectivity index (χ1n) is 9.13. The molecule has 1 aliphatic rings. The molecule has 160 valence electrons. The monoisotopic (exact) mass is 445 g/mol. The van der Waals surface area contributed by atoms with E-state index in [0.29, 0.717) is 12.2 Å². The Bertz CT molecular complexity index is 847. The van der Waals surface area contributed by atoms with Crippen LogP contribution in [0.2, 0.25) is 0 Å². The molecule has 1 saturated heterocycles. The van der Waals surface area contributed by atoms with E-state index in [-0.39, 0.29) is 44.2 Å². The second-order valence-electron chi connectivity index (χ2n) is 6.47. The van der Waals surface area contributed by atoms with Gasteiger partial charge in [0.25, 0.3) is 0 Å². The lowest BCUT2D eigenvalue weighted by Crippen LogP contribution is -2.47. The molecule has 2 N–H and O–H groups in total. The van der Waals surface area contributed by atoms with Crippen LogP contribution in [0.4, 0.5) is 4.39 Å². The lowest BCUT2D eigenvalue weighted by atomic mass is 10.2. The van der Waals surface area contributed by atoms with E-state index in [9.17, 15) is 27.2 Å². The number of nitrogens with zero attached hydrogens (tertiary/aromatic N) is 1. The van der Waals surface area contributed by atoms with E-state index >= 15 is 0 Å². The second kappa shape index (κ2) is 10.7. The van der Waals surface area contributed by atoms with Gasteiger partial charge < -0.3 is 5.32 Å². The minimum absolute atomic E-state index is 0.174. The molecule has 3 amide bonds. The Kier molecular flexibility index (Phi) is 8.60. The van der Waals surface area contributed by atoms with E-state index in [1.54, 1.807) is 0 Å². The third-order valence-electron chi connectivity index (χ3n) is 4.36. The first-order valence-corrected chi connectivity index (χ1v) is 12.0. The van der Waals surface area contributed by atoms with Gasteiger partial charge in [-0.3, -0.25) is 19.3 Å². The topological polar surface area (TPSA) is 113 Å². The summed E-state index contributed by atoms with van der Waals surface area (Å²) in [5.74, 6) is -1.37. The first kappa shape index (κ1) is 23.3. The molecule has 1 atom stereocenters. The summed E-state index contributed by atoms with van der Waals surface area (Å²) in [6.07, 6.45) is 2.83. The number of thioether (sulfide) groups is 1. The Hall–Kier alpha value is -1.98. The fourth-order valence-corrected chi connectivity index (χ4v) is 4.62. The van der Waals surface area contributed by atoms with Crippen molar-refractivity contribution >= 4 is 39.5 Å². The highest BCUT2D eigenvalue weighted by Crippen LogP contribution is 2.15. The third-order valence-corrected chi connectivity index (χ3v) is 6.51. The molecule has 2 rings (SSSR count). The fraction of sp³-hybridized carbons (Fsp3) is 0.500. The van der Waals surface area contributed by atoms with Gasteiger partial charge in [0.15, 0.2) is 0 Å². The molecule has 1 heterocycles. The summed E-state index contributed by atoms with van der Waals surface area (Å²) >= 11 is 1.45. The van der Waals surface area contributed by atoms with Crippen LogP contribution in [-0.2, 0) is 24.4 Å². The maximum atomic E-state index is 13.9. The van der Waals surface area contributed by atoms with Crippen molar-refractivity contribution in [3.8, 4) is 0 Å². The van der Waals surface area contributed by atoms with E-state index in [1.807, 2.05) is 6.26 Å². The maximum absolute atomic E-state index is 13.9. The molecule has 29 heavy (non-hydrogen) atoms. The summed E-state index contributed by atoms with van der Waals surface area (Å²) in [5, 5.41) is 2.62. The van der Waals surface area contributed by atoms with Crippen molar-refractivity contribution in [2.75, 3.05) is 25.1 Å². The van der Waals surface area contributed by atoms with Crippen molar-refractivity contribution in [1.29, 1.82) is 0 Å². The van der Waals surface area contributed by atoms with Crippen molar-refractivity contribution in [3.63, 3.8) is 0 Å². The quantitative estimate of drug-likeness (QED) is 0.386.